The standard InChI is InChI=1S/C13H13BrN2O3/c1-18-7-9-6-12(17)16-13(15-9)8-3-4-11(19-2)10(14)5-8/h3-6H,7H2,1-2H3,(H,15,16,17). The highest BCUT2D eigenvalue weighted by atomic mass is 79.9. The molecule has 0 aliphatic carbocycles. The van der Waals surface area contributed by atoms with Crippen LogP contribution in [0, 0.1) is 0 Å². The van der Waals surface area contributed by atoms with Crippen LogP contribution >= 0.6 is 15.9 Å². The minimum Gasteiger partial charge on any atom is -0.496 e. The predicted molar refractivity (Wildman–Crippen MR) is 75.3 cm³/mol. The molecule has 0 fully saturated rings. The van der Waals surface area contributed by atoms with Crippen LogP contribution in [0.2, 0.25) is 0 Å². The van der Waals surface area contributed by atoms with Crippen LogP contribution in [0.15, 0.2) is 33.5 Å². The van der Waals surface area contributed by atoms with E-state index in [9.17, 15) is 4.79 Å². The average molecular weight is 325 g/mol. The molecule has 0 aliphatic rings. The molecule has 1 aromatic carbocycles. The van der Waals surface area contributed by atoms with E-state index in [1.807, 2.05) is 18.2 Å². The van der Waals surface area contributed by atoms with Gasteiger partial charge in [0.2, 0.25) is 0 Å². The fraction of sp³-hybridized carbons (Fsp3) is 0.231. The molecule has 0 atom stereocenters. The van der Waals surface area contributed by atoms with Crippen LogP contribution in [0.1, 0.15) is 5.69 Å². The second-order valence-corrected chi connectivity index (χ2v) is 4.72. The van der Waals surface area contributed by atoms with Crippen molar-refractivity contribution < 1.29 is 9.47 Å². The molecule has 6 heteroatoms. The highest BCUT2D eigenvalue weighted by molar-refractivity contribution is 9.10. The lowest BCUT2D eigenvalue weighted by atomic mass is 10.2. The highest BCUT2D eigenvalue weighted by Crippen LogP contribution is 2.28. The van der Waals surface area contributed by atoms with E-state index in [1.54, 1.807) is 14.2 Å². The first-order valence-electron chi connectivity index (χ1n) is 5.57. The van der Waals surface area contributed by atoms with Crippen molar-refractivity contribution in [1.82, 2.24) is 9.97 Å². The third-order valence-electron chi connectivity index (χ3n) is 2.51. The molecular weight excluding hydrogens is 312 g/mol. The lowest BCUT2D eigenvalue weighted by Gasteiger charge is -2.07. The van der Waals surface area contributed by atoms with E-state index in [-0.39, 0.29) is 5.56 Å². The molecule has 2 rings (SSSR count). The summed E-state index contributed by atoms with van der Waals surface area (Å²) >= 11 is 3.40. The summed E-state index contributed by atoms with van der Waals surface area (Å²) in [6.45, 7) is 0.300. The number of H-pyrrole nitrogens is 1. The molecule has 100 valence electrons. The van der Waals surface area contributed by atoms with Crippen LogP contribution in [-0.2, 0) is 11.3 Å². The minimum atomic E-state index is -0.205. The Morgan fingerprint density at radius 2 is 2.11 bits per heavy atom. The molecule has 1 aromatic heterocycles. The first-order chi connectivity index (χ1) is 9.13. The summed E-state index contributed by atoms with van der Waals surface area (Å²) < 4.78 is 11.0. The fourth-order valence-corrected chi connectivity index (χ4v) is 2.22. The number of nitrogens with one attached hydrogen (secondary N) is 1. The monoisotopic (exact) mass is 324 g/mol. The summed E-state index contributed by atoms with van der Waals surface area (Å²) in [6.07, 6.45) is 0. The Bertz CT molecular complexity index is 640. The van der Waals surface area contributed by atoms with Crippen molar-refractivity contribution >= 4 is 15.9 Å². The van der Waals surface area contributed by atoms with Crippen LogP contribution in [0.25, 0.3) is 11.4 Å². The van der Waals surface area contributed by atoms with E-state index in [0.717, 1.165) is 15.8 Å². The first-order valence-corrected chi connectivity index (χ1v) is 6.36. The summed E-state index contributed by atoms with van der Waals surface area (Å²) in [4.78, 5) is 18.6. The van der Waals surface area contributed by atoms with Gasteiger partial charge in [0.25, 0.3) is 5.56 Å². The molecule has 0 amide bonds. The lowest BCUT2D eigenvalue weighted by molar-refractivity contribution is 0.181. The van der Waals surface area contributed by atoms with Gasteiger partial charge in [0, 0.05) is 18.7 Å². The van der Waals surface area contributed by atoms with Crippen LogP contribution in [0.4, 0.5) is 0 Å². The molecule has 2 aromatic rings. The van der Waals surface area contributed by atoms with E-state index >= 15 is 0 Å². The first kappa shape index (κ1) is 13.8. The maximum absolute atomic E-state index is 11.6. The van der Waals surface area contributed by atoms with Crippen molar-refractivity contribution in [3.8, 4) is 17.1 Å². The number of hydrogen-bond acceptors (Lipinski definition) is 4. The highest BCUT2D eigenvalue weighted by Gasteiger charge is 2.07. The van der Waals surface area contributed by atoms with E-state index in [2.05, 4.69) is 25.9 Å². The Labute approximate surface area is 118 Å². The van der Waals surface area contributed by atoms with Gasteiger partial charge in [-0.3, -0.25) is 4.79 Å². The number of halogens is 1. The normalized spacial score (nSPS) is 10.5. The summed E-state index contributed by atoms with van der Waals surface area (Å²) in [5, 5.41) is 0. The molecule has 0 aliphatic heterocycles. The Morgan fingerprint density at radius 3 is 2.74 bits per heavy atom. The predicted octanol–water partition coefficient (Wildman–Crippen LogP) is 2.35. The number of nitrogens with zero attached hydrogens (tertiary/aromatic N) is 1. The molecule has 5 nitrogen and oxygen atoms in total. The summed E-state index contributed by atoms with van der Waals surface area (Å²) in [6, 6.07) is 6.90. The summed E-state index contributed by atoms with van der Waals surface area (Å²) in [7, 11) is 3.16. The smallest absolute Gasteiger partial charge is 0.251 e. The lowest BCUT2D eigenvalue weighted by Crippen LogP contribution is -2.10. The molecule has 0 radical (unpaired) electrons. The van der Waals surface area contributed by atoms with Crippen molar-refractivity contribution in [1.29, 1.82) is 0 Å². The van der Waals surface area contributed by atoms with Crippen molar-refractivity contribution in [2.24, 2.45) is 0 Å². The quantitative estimate of drug-likeness (QED) is 0.937. The van der Waals surface area contributed by atoms with Gasteiger partial charge in [-0.1, -0.05) is 0 Å². The average Bonchev–Trinajstić information content (AvgIpc) is 2.38. The maximum atomic E-state index is 11.6. The largest absolute Gasteiger partial charge is 0.496 e. The number of methoxy groups -OCH3 is 2. The second kappa shape index (κ2) is 5.99. The Kier molecular flexibility index (Phi) is 4.34. The SMILES string of the molecule is COCc1cc(=O)[nH]c(-c2ccc(OC)c(Br)c2)n1. The molecule has 19 heavy (non-hydrogen) atoms. The minimum absolute atomic E-state index is 0.205. The number of benzene rings is 1. The van der Waals surface area contributed by atoms with Crippen molar-refractivity contribution in [3.05, 3.63) is 44.8 Å². The molecule has 0 saturated carbocycles. The Balaban J connectivity index is 2.46. The Morgan fingerprint density at radius 1 is 1.32 bits per heavy atom. The number of hydrogen-bond donors (Lipinski definition) is 1. The molecule has 1 heterocycles. The van der Waals surface area contributed by atoms with Crippen molar-refractivity contribution in [2.45, 2.75) is 6.61 Å². The summed E-state index contributed by atoms with van der Waals surface area (Å²) in [5.74, 6) is 1.22. The van der Waals surface area contributed by atoms with Crippen LogP contribution in [0.3, 0.4) is 0 Å². The molecule has 0 bridgehead atoms. The van der Waals surface area contributed by atoms with Gasteiger partial charge in [0.15, 0.2) is 0 Å². The van der Waals surface area contributed by atoms with E-state index in [0.29, 0.717) is 18.1 Å². The number of aromatic nitrogens is 2. The number of aromatic amines is 1. The van der Waals surface area contributed by atoms with Gasteiger partial charge in [-0.15, -0.1) is 0 Å². The topological polar surface area (TPSA) is 64.2 Å². The van der Waals surface area contributed by atoms with Crippen LogP contribution in [0.5, 0.6) is 5.75 Å². The third-order valence-corrected chi connectivity index (χ3v) is 3.13. The number of ether oxygens (including phenoxy) is 2. The van der Waals surface area contributed by atoms with E-state index in [4.69, 9.17) is 9.47 Å². The van der Waals surface area contributed by atoms with Gasteiger partial charge >= 0.3 is 0 Å². The fourth-order valence-electron chi connectivity index (χ4n) is 1.68. The van der Waals surface area contributed by atoms with Gasteiger partial charge in [-0.25, -0.2) is 4.98 Å². The van der Waals surface area contributed by atoms with E-state index < -0.39 is 0 Å². The van der Waals surface area contributed by atoms with Crippen LogP contribution in [-0.4, -0.2) is 24.2 Å². The maximum Gasteiger partial charge on any atom is 0.251 e. The van der Waals surface area contributed by atoms with Gasteiger partial charge < -0.3 is 14.5 Å². The zero-order valence-corrected chi connectivity index (χ0v) is 12.2. The molecule has 0 spiro atoms. The van der Waals surface area contributed by atoms with E-state index in [1.165, 1.54) is 6.07 Å². The third kappa shape index (κ3) is 3.21. The molecule has 0 saturated heterocycles. The van der Waals surface area contributed by atoms with Crippen LogP contribution < -0.4 is 10.3 Å². The van der Waals surface area contributed by atoms with Gasteiger partial charge in [-0.05, 0) is 34.1 Å². The van der Waals surface area contributed by atoms with Gasteiger partial charge in [-0.2, -0.15) is 0 Å². The zero-order valence-electron chi connectivity index (χ0n) is 10.6. The molecule has 1 N–H and O–H groups in total. The molecule has 0 unspecified atom stereocenters. The zero-order chi connectivity index (χ0) is 13.8. The van der Waals surface area contributed by atoms with Gasteiger partial charge in [0.1, 0.15) is 11.6 Å². The molecular formula is C13H13BrN2O3. The van der Waals surface area contributed by atoms with Gasteiger partial charge in [0.05, 0.1) is 23.9 Å². The number of rotatable bonds is 4. The van der Waals surface area contributed by atoms with Crippen molar-refractivity contribution in [2.75, 3.05) is 14.2 Å². The second-order valence-electron chi connectivity index (χ2n) is 3.87. The summed E-state index contributed by atoms with van der Waals surface area (Å²) in [5.41, 5.74) is 1.18. The van der Waals surface area contributed by atoms with Crippen molar-refractivity contribution in [3.63, 3.8) is 0 Å². The Hall–Kier alpha value is -1.66.